The number of hydrogen-bond acceptors (Lipinski definition) is 3. The van der Waals surface area contributed by atoms with Gasteiger partial charge in [-0.1, -0.05) is 146 Å². The van der Waals surface area contributed by atoms with E-state index in [0.29, 0.717) is 5.82 Å². The number of furan rings is 1. The Hall–Kier alpha value is -7.04. The molecular formula is C48H31N3O. The van der Waals surface area contributed by atoms with Crippen molar-refractivity contribution in [2.45, 2.75) is 0 Å². The SMILES string of the molecule is c1ccc(-c2ccc(-c3cc(-c4ccc(-c5cc6ccccc6o5)cc4)nc(-c4ccccc4-n4c5ccccc5c5ccccc54)n3)cc2)cc1. The first-order valence-electron chi connectivity index (χ1n) is 17.5. The van der Waals surface area contributed by atoms with E-state index in [9.17, 15) is 0 Å². The molecule has 244 valence electrons. The normalized spacial score (nSPS) is 11.5. The highest BCUT2D eigenvalue weighted by Crippen LogP contribution is 2.37. The van der Waals surface area contributed by atoms with Crippen LogP contribution in [0.5, 0.6) is 0 Å². The first-order valence-corrected chi connectivity index (χ1v) is 17.5. The smallest absolute Gasteiger partial charge is 0.162 e. The lowest BCUT2D eigenvalue weighted by Gasteiger charge is -2.15. The van der Waals surface area contributed by atoms with Crippen molar-refractivity contribution < 1.29 is 4.42 Å². The van der Waals surface area contributed by atoms with Gasteiger partial charge >= 0.3 is 0 Å². The molecule has 10 aromatic rings. The van der Waals surface area contributed by atoms with Crippen LogP contribution in [0.1, 0.15) is 0 Å². The number of hydrogen-bond donors (Lipinski definition) is 0. The van der Waals surface area contributed by atoms with Crippen LogP contribution in [-0.4, -0.2) is 14.5 Å². The molecule has 0 radical (unpaired) electrons. The summed E-state index contributed by atoms with van der Waals surface area (Å²) in [5.41, 5.74) is 12.3. The lowest BCUT2D eigenvalue weighted by atomic mass is 10.0. The van der Waals surface area contributed by atoms with Crippen LogP contribution < -0.4 is 0 Å². The van der Waals surface area contributed by atoms with Gasteiger partial charge in [0.2, 0.25) is 0 Å². The summed E-state index contributed by atoms with van der Waals surface area (Å²) in [6, 6.07) is 65.5. The number of nitrogens with zero attached hydrogens (tertiary/aromatic N) is 3. The third kappa shape index (κ3) is 5.17. The van der Waals surface area contributed by atoms with E-state index in [1.54, 1.807) is 0 Å². The third-order valence-corrected chi connectivity index (χ3v) is 9.87. The Kier molecular flexibility index (Phi) is 7.10. The summed E-state index contributed by atoms with van der Waals surface area (Å²) >= 11 is 0. The van der Waals surface area contributed by atoms with Gasteiger partial charge in [-0.15, -0.1) is 0 Å². The molecule has 0 atom stereocenters. The maximum atomic E-state index is 6.18. The van der Waals surface area contributed by atoms with Gasteiger partial charge in [-0.3, -0.25) is 0 Å². The van der Waals surface area contributed by atoms with Crippen LogP contribution in [0.25, 0.3) is 94.8 Å². The summed E-state index contributed by atoms with van der Waals surface area (Å²) < 4.78 is 8.52. The van der Waals surface area contributed by atoms with Crippen molar-refractivity contribution in [1.29, 1.82) is 0 Å². The van der Waals surface area contributed by atoms with Gasteiger partial charge in [-0.05, 0) is 53.6 Å². The minimum atomic E-state index is 0.665. The molecule has 0 fully saturated rings. The second kappa shape index (κ2) is 12.4. The van der Waals surface area contributed by atoms with Gasteiger partial charge < -0.3 is 8.98 Å². The lowest BCUT2D eigenvalue weighted by Crippen LogP contribution is -2.01. The number of fused-ring (bicyclic) bond motifs is 4. The predicted molar refractivity (Wildman–Crippen MR) is 213 cm³/mol. The van der Waals surface area contributed by atoms with Crippen molar-refractivity contribution in [3.63, 3.8) is 0 Å². The van der Waals surface area contributed by atoms with E-state index in [1.807, 2.05) is 24.3 Å². The van der Waals surface area contributed by atoms with Gasteiger partial charge in [0, 0.05) is 38.4 Å². The fraction of sp³-hybridized carbons (Fsp3) is 0. The van der Waals surface area contributed by atoms with Crippen LogP contribution in [0.15, 0.2) is 192 Å². The Labute approximate surface area is 300 Å². The topological polar surface area (TPSA) is 43.9 Å². The largest absolute Gasteiger partial charge is 0.456 e. The zero-order valence-electron chi connectivity index (χ0n) is 28.1. The van der Waals surface area contributed by atoms with Crippen LogP contribution >= 0.6 is 0 Å². The fourth-order valence-corrected chi connectivity index (χ4v) is 7.30. The maximum absolute atomic E-state index is 6.18. The van der Waals surface area contributed by atoms with E-state index in [1.165, 1.54) is 16.3 Å². The molecule has 0 aliphatic carbocycles. The molecule has 52 heavy (non-hydrogen) atoms. The van der Waals surface area contributed by atoms with Gasteiger partial charge in [-0.2, -0.15) is 0 Å². The average molecular weight is 666 g/mol. The number of rotatable bonds is 6. The average Bonchev–Trinajstić information content (AvgIpc) is 3.81. The number of benzene rings is 7. The van der Waals surface area contributed by atoms with Crippen LogP contribution in [0.2, 0.25) is 0 Å². The molecule has 0 aliphatic rings. The molecule has 4 heteroatoms. The van der Waals surface area contributed by atoms with Gasteiger partial charge in [0.05, 0.1) is 28.1 Å². The molecule has 0 saturated heterocycles. The van der Waals surface area contributed by atoms with Gasteiger partial charge in [0.15, 0.2) is 5.82 Å². The highest BCUT2D eigenvalue weighted by Gasteiger charge is 2.18. The van der Waals surface area contributed by atoms with Gasteiger partial charge in [-0.25, -0.2) is 9.97 Å². The summed E-state index contributed by atoms with van der Waals surface area (Å²) in [5.74, 6) is 1.51. The van der Waals surface area contributed by atoms with Crippen LogP contribution in [0.4, 0.5) is 0 Å². The van der Waals surface area contributed by atoms with Crippen molar-refractivity contribution in [2.75, 3.05) is 0 Å². The second-order valence-electron chi connectivity index (χ2n) is 13.0. The van der Waals surface area contributed by atoms with Gasteiger partial charge in [0.1, 0.15) is 11.3 Å². The second-order valence-corrected chi connectivity index (χ2v) is 13.0. The molecule has 3 heterocycles. The van der Waals surface area contributed by atoms with E-state index in [0.717, 1.165) is 72.7 Å². The van der Waals surface area contributed by atoms with Crippen LogP contribution in [-0.2, 0) is 0 Å². The molecule has 0 unspecified atom stereocenters. The summed E-state index contributed by atoms with van der Waals surface area (Å²) in [6.45, 7) is 0. The predicted octanol–water partition coefficient (Wildman–Crippen LogP) is 12.7. The molecule has 0 spiro atoms. The molecule has 7 aromatic carbocycles. The van der Waals surface area contributed by atoms with Crippen molar-refractivity contribution in [3.8, 4) is 62.0 Å². The van der Waals surface area contributed by atoms with Crippen molar-refractivity contribution in [1.82, 2.24) is 14.5 Å². The van der Waals surface area contributed by atoms with Crippen molar-refractivity contribution >= 4 is 32.8 Å². The highest BCUT2D eigenvalue weighted by molar-refractivity contribution is 6.09. The van der Waals surface area contributed by atoms with Gasteiger partial charge in [0.25, 0.3) is 0 Å². The quantitative estimate of drug-likeness (QED) is 0.178. The Bertz CT molecular complexity index is 2800. The highest BCUT2D eigenvalue weighted by atomic mass is 16.3. The van der Waals surface area contributed by atoms with Crippen molar-refractivity contribution in [2.24, 2.45) is 0 Å². The molecule has 0 saturated carbocycles. The molecule has 3 aromatic heterocycles. The Balaban J connectivity index is 1.13. The molecule has 0 bridgehead atoms. The summed E-state index contributed by atoms with van der Waals surface area (Å²) in [4.78, 5) is 10.6. The van der Waals surface area contributed by atoms with E-state index >= 15 is 0 Å². The molecule has 0 aliphatic heterocycles. The summed E-state index contributed by atoms with van der Waals surface area (Å²) in [6.07, 6.45) is 0. The zero-order valence-corrected chi connectivity index (χ0v) is 28.1. The van der Waals surface area contributed by atoms with Crippen molar-refractivity contribution in [3.05, 3.63) is 188 Å². The lowest BCUT2D eigenvalue weighted by molar-refractivity contribution is 0.631. The van der Waals surface area contributed by atoms with E-state index in [2.05, 4.69) is 168 Å². The molecule has 0 N–H and O–H groups in total. The first-order chi connectivity index (χ1) is 25.8. The minimum absolute atomic E-state index is 0.665. The maximum Gasteiger partial charge on any atom is 0.162 e. The monoisotopic (exact) mass is 665 g/mol. The van der Waals surface area contributed by atoms with Crippen LogP contribution in [0.3, 0.4) is 0 Å². The number of para-hydroxylation sites is 4. The summed E-state index contributed by atoms with van der Waals surface area (Å²) in [7, 11) is 0. The summed E-state index contributed by atoms with van der Waals surface area (Å²) in [5, 5.41) is 3.52. The molecular weight excluding hydrogens is 635 g/mol. The van der Waals surface area contributed by atoms with E-state index in [-0.39, 0.29) is 0 Å². The Morgan fingerprint density at radius 1 is 0.404 bits per heavy atom. The van der Waals surface area contributed by atoms with E-state index < -0.39 is 0 Å². The Morgan fingerprint density at radius 2 is 0.923 bits per heavy atom. The minimum Gasteiger partial charge on any atom is -0.456 e. The first kappa shape index (κ1) is 29.8. The number of aromatic nitrogens is 3. The molecule has 0 amide bonds. The third-order valence-electron chi connectivity index (χ3n) is 9.87. The molecule has 10 rings (SSSR count). The van der Waals surface area contributed by atoms with E-state index in [4.69, 9.17) is 14.4 Å². The fourth-order valence-electron chi connectivity index (χ4n) is 7.30. The standard InChI is InChI=1S/C48H31N3O/c1-2-12-32(13-3-1)33-22-24-34(25-23-33)41-31-42(35-26-28-36(29-27-35)47-30-37-14-4-11-21-46(37)52-47)50-48(49-41)40-17-7-10-20-45(40)51-43-18-8-5-15-38(43)39-16-6-9-19-44(39)51/h1-31H. The molecule has 4 nitrogen and oxygen atoms in total. The van der Waals surface area contributed by atoms with Crippen LogP contribution in [0, 0.1) is 0 Å². The zero-order chi connectivity index (χ0) is 34.4. The Morgan fingerprint density at radius 3 is 1.60 bits per heavy atom.